The highest BCUT2D eigenvalue weighted by molar-refractivity contribution is 9.10. The maximum Gasteiger partial charge on any atom is 0.243 e. The molecule has 110 valence electrons. The highest BCUT2D eigenvalue weighted by Gasteiger charge is 2.20. The molecule has 0 spiro atoms. The predicted molar refractivity (Wildman–Crippen MR) is 88.3 cm³/mol. The van der Waals surface area contributed by atoms with Crippen LogP contribution in [0.15, 0.2) is 52.0 Å². The van der Waals surface area contributed by atoms with E-state index in [1.54, 1.807) is 0 Å². The number of benzene rings is 1. The molecule has 0 aliphatic heterocycles. The lowest BCUT2D eigenvalue weighted by Gasteiger charge is -2.10. The van der Waals surface area contributed by atoms with Crippen LogP contribution in [0.5, 0.6) is 0 Å². The SMILES string of the molecule is NC(=S)c1ncccc1S(=O)(=O)NCc1ccccc1Br. The molecule has 21 heavy (non-hydrogen) atoms. The molecule has 2 aromatic rings. The van der Waals surface area contributed by atoms with Crippen LogP contribution >= 0.6 is 28.1 Å². The van der Waals surface area contributed by atoms with Crippen LogP contribution in [0.1, 0.15) is 11.3 Å². The van der Waals surface area contributed by atoms with Gasteiger partial charge in [0.2, 0.25) is 10.0 Å². The van der Waals surface area contributed by atoms with Crippen molar-refractivity contribution in [3.05, 3.63) is 58.3 Å². The minimum Gasteiger partial charge on any atom is -0.388 e. The van der Waals surface area contributed by atoms with Crippen LogP contribution < -0.4 is 10.5 Å². The number of nitrogens with two attached hydrogens (primary N) is 1. The fourth-order valence-corrected chi connectivity index (χ4v) is 3.51. The molecular weight excluding hydrogens is 374 g/mol. The molecule has 0 aliphatic carbocycles. The number of hydrogen-bond acceptors (Lipinski definition) is 4. The molecule has 1 aromatic carbocycles. The molecule has 0 radical (unpaired) electrons. The molecule has 0 saturated heterocycles. The van der Waals surface area contributed by atoms with Crippen LogP contribution in [0.3, 0.4) is 0 Å². The first-order chi connectivity index (χ1) is 9.92. The lowest BCUT2D eigenvalue weighted by Crippen LogP contribution is -2.27. The molecule has 2 rings (SSSR count). The van der Waals surface area contributed by atoms with Gasteiger partial charge < -0.3 is 5.73 Å². The standard InChI is InChI=1S/C13H12BrN3O2S2/c14-10-5-2-1-4-9(10)8-17-21(18,19)11-6-3-7-16-12(11)13(15)20/h1-7,17H,8H2,(H2,15,20). The second kappa shape index (κ2) is 6.61. The Morgan fingerprint density at radius 2 is 2.00 bits per heavy atom. The molecule has 0 atom stereocenters. The number of pyridine rings is 1. The molecule has 0 fully saturated rings. The molecule has 0 bridgehead atoms. The van der Waals surface area contributed by atoms with Crippen molar-refractivity contribution >= 4 is 43.2 Å². The Balaban J connectivity index is 2.28. The van der Waals surface area contributed by atoms with Gasteiger partial charge in [0.25, 0.3) is 0 Å². The average molecular weight is 386 g/mol. The summed E-state index contributed by atoms with van der Waals surface area (Å²) in [6, 6.07) is 10.3. The third kappa shape index (κ3) is 3.85. The van der Waals surface area contributed by atoms with E-state index in [0.717, 1.165) is 10.0 Å². The monoisotopic (exact) mass is 385 g/mol. The number of thiocarbonyl (C=S) groups is 1. The summed E-state index contributed by atoms with van der Waals surface area (Å²) in [5.41, 5.74) is 6.42. The molecule has 1 heterocycles. The Morgan fingerprint density at radius 1 is 1.29 bits per heavy atom. The van der Waals surface area contributed by atoms with E-state index >= 15 is 0 Å². The van der Waals surface area contributed by atoms with Crippen molar-refractivity contribution in [3.63, 3.8) is 0 Å². The Labute approximate surface area is 136 Å². The topological polar surface area (TPSA) is 85.1 Å². The largest absolute Gasteiger partial charge is 0.388 e. The van der Waals surface area contributed by atoms with E-state index in [1.165, 1.54) is 18.3 Å². The van der Waals surface area contributed by atoms with Gasteiger partial charge in [-0.2, -0.15) is 0 Å². The predicted octanol–water partition coefficient (Wildman–Crippen LogP) is 1.96. The van der Waals surface area contributed by atoms with Crippen molar-refractivity contribution < 1.29 is 8.42 Å². The summed E-state index contributed by atoms with van der Waals surface area (Å²) in [5, 5.41) is 0. The Morgan fingerprint density at radius 3 is 2.67 bits per heavy atom. The molecular formula is C13H12BrN3O2S2. The lowest BCUT2D eigenvalue weighted by molar-refractivity contribution is 0.580. The molecule has 3 N–H and O–H groups in total. The molecule has 0 unspecified atom stereocenters. The summed E-state index contributed by atoms with van der Waals surface area (Å²) in [4.78, 5) is 3.84. The second-order valence-corrected chi connectivity index (χ2v) is 7.16. The van der Waals surface area contributed by atoms with Crippen LogP contribution in [0.25, 0.3) is 0 Å². The van der Waals surface area contributed by atoms with Crippen molar-refractivity contribution in [1.29, 1.82) is 0 Å². The van der Waals surface area contributed by atoms with Crippen molar-refractivity contribution in [1.82, 2.24) is 9.71 Å². The molecule has 8 heteroatoms. The van der Waals surface area contributed by atoms with Gasteiger partial charge in [-0.15, -0.1) is 0 Å². The lowest BCUT2D eigenvalue weighted by atomic mass is 10.2. The first-order valence-corrected chi connectivity index (χ1v) is 8.58. The third-order valence-electron chi connectivity index (χ3n) is 2.70. The van der Waals surface area contributed by atoms with E-state index in [-0.39, 0.29) is 22.1 Å². The van der Waals surface area contributed by atoms with Crippen LogP contribution in [-0.2, 0) is 16.6 Å². The number of nitrogens with one attached hydrogen (secondary N) is 1. The highest BCUT2D eigenvalue weighted by atomic mass is 79.9. The minimum atomic E-state index is -3.75. The summed E-state index contributed by atoms with van der Waals surface area (Å²) >= 11 is 8.20. The molecule has 0 amide bonds. The van der Waals surface area contributed by atoms with Gasteiger partial charge in [-0.25, -0.2) is 13.1 Å². The van der Waals surface area contributed by atoms with Crippen LogP contribution in [0, 0.1) is 0 Å². The number of halogens is 1. The minimum absolute atomic E-state index is 0.0236. The summed E-state index contributed by atoms with van der Waals surface area (Å²) in [5.74, 6) is 0. The first kappa shape index (κ1) is 16.0. The number of hydrogen-bond donors (Lipinski definition) is 2. The first-order valence-electron chi connectivity index (χ1n) is 5.89. The number of sulfonamides is 1. The maximum absolute atomic E-state index is 12.4. The van der Waals surface area contributed by atoms with E-state index in [4.69, 9.17) is 18.0 Å². The normalized spacial score (nSPS) is 11.3. The van der Waals surface area contributed by atoms with E-state index in [9.17, 15) is 8.42 Å². The van der Waals surface area contributed by atoms with Crippen LogP contribution in [0.4, 0.5) is 0 Å². The summed E-state index contributed by atoms with van der Waals surface area (Å²) in [7, 11) is -3.75. The van der Waals surface area contributed by atoms with Crippen molar-refractivity contribution in [2.24, 2.45) is 5.73 Å². The van der Waals surface area contributed by atoms with E-state index in [2.05, 4.69) is 25.6 Å². The van der Waals surface area contributed by atoms with Crippen molar-refractivity contribution in [2.45, 2.75) is 11.4 Å². The van der Waals surface area contributed by atoms with Gasteiger partial charge in [0.05, 0.1) is 0 Å². The summed E-state index contributed by atoms with van der Waals surface area (Å²) < 4.78 is 28.1. The van der Waals surface area contributed by atoms with Gasteiger partial charge in [-0.1, -0.05) is 46.3 Å². The zero-order valence-electron chi connectivity index (χ0n) is 10.8. The van der Waals surface area contributed by atoms with Gasteiger partial charge in [-0.3, -0.25) is 4.98 Å². The van der Waals surface area contributed by atoms with Crippen molar-refractivity contribution in [2.75, 3.05) is 0 Å². The third-order valence-corrected chi connectivity index (χ3v) is 5.10. The Kier molecular flexibility index (Phi) is 5.04. The molecule has 1 aromatic heterocycles. The Hall–Kier alpha value is -1.35. The average Bonchev–Trinajstić information content (AvgIpc) is 2.46. The molecule has 0 saturated carbocycles. The van der Waals surface area contributed by atoms with Gasteiger partial charge in [-0.05, 0) is 23.8 Å². The Bertz CT molecular complexity index is 778. The van der Waals surface area contributed by atoms with Gasteiger partial charge in [0.1, 0.15) is 15.6 Å². The number of nitrogens with zero attached hydrogens (tertiary/aromatic N) is 1. The highest BCUT2D eigenvalue weighted by Crippen LogP contribution is 2.17. The van der Waals surface area contributed by atoms with Crippen LogP contribution in [-0.4, -0.2) is 18.4 Å². The smallest absolute Gasteiger partial charge is 0.243 e. The van der Waals surface area contributed by atoms with Crippen LogP contribution in [0.2, 0.25) is 0 Å². The maximum atomic E-state index is 12.4. The van der Waals surface area contributed by atoms with E-state index < -0.39 is 10.0 Å². The fourth-order valence-electron chi connectivity index (χ4n) is 1.68. The molecule has 5 nitrogen and oxygen atoms in total. The quantitative estimate of drug-likeness (QED) is 0.768. The fraction of sp³-hybridized carbons (Fsp3) is 0.0769. The second-order valence-electron chi connectivity index (χ2n) is 4.13. The number of aromatic nitrogens is 1. The summed E-state index contributed by atoms with van der Waals surface area (Å²) in [6.45, 7) is 0.148. The van der Waals surface area contributed by atoms with Gasteiger partial charge >= 0.3 is 0 Å². The zero-order chi connectivity index (χ0) is 15.5. The van der Waals surface area contributed by atoms with Gasteiger partial charge in [0.15, 0.2) is 0 Å². The van der Waals surface area contributed by atoms with Crippen molar-refractivity contribution in [3.8, 4) is 0 Å². The zero-order valence-corrected chi connectivity index (χ0v) is 14.0. The number of rotatable bonds is 5. The van der Waals surface area contributed by atoms with E-state index in [1.807, 2.05) is 24.3 Å². The van der Waals surface area contributed by atoms with E-state index in [0.29, 0.717) is 0 Å². The summed E-state index contributed by atoms with van der Waals surface area (Å²) in [6.07, 6.45) is 1.45. The van der Waals surface area contributed by atoms with Gasteiger partial charge in [0, 0.05) is 17.2 Å². The molecule has 0 aliphatic rings.